The Labute approximate surface area is 150 Å². The average Bonchev–Trinajstić information content (AvgIpc) is 3.29. The molecule has 25 heavy (non-hydrogen) atoms. The number of rotatable bonds is 5. The fourth-order valence-corrected chi connectivity index (χ4v) is 5.03. The average molecular weight is 362 g/mol. The van der Waals surface area contributed by atoms with E-state index in [2.05, 4.69) is 10.3 Å². The Morgan fingerprint density at radius 1 is 1.36 bits per heavy atom. The van der Waals surface area contributed by atoms with Crippen molar-refractivity contribution < 1.29 is 19.4 Å². The Morgan fingerprint density at radius 3 is 2.56 bits per heavy atom. The van der Waals surface area contributed by atoms with E-state index in [1.807, 2.05) is 13.8 Å². The van der Waals surface area contributed by atoms with E-state index < -0.39 is 11.4 Å². The van der Waals surface area contributed by atoms with E-state index >= 15 is 0 Å². The topological polar surface area (TPSA) is 88.0 Å². The van der Waals surface area contributed by atoms with Crippen molar-refractivity contribution in [3.63, 3.8) is 0 Å². The molecular formula is C18H22N2O4S. The quantitative estimate of drug-likeness (QED) is 0.619. The molecule has 1 atom stereocenters. The first-order chi connectivity index (χ1) is 11.9. The molecule has 1 aliphatic carbocycles. The normalized spacial score (nSPS) is 21.9. The van der Waals surface area contributed by atoms with E-state index in [-0.39, 0.29) is 17.7 Å². The Morgan fingerprint density at radius 2 is 2.04 bits per heavy atom. The van der Waals surface area contributed by atoms with E-state index in [4.69, 9.17) is 4.74 Å². The zero-order valence-electron chi connectivity index (χ0n) is 14.6. The molecule has 1 unspecified atom stereocenters. The van der Waals surface area contributed by atoms with Crippen molar-refractivity contribution in [2.24, 2.45) is 10.4 Å². The van der Waals surface area contributed by atoms with E-state index in [0.29, 0.717) is 18.4 Å². The van der Waals surface area contributed by atoms with Crippen LogP contribution in [0.2, 0.25) is 0 Å². The monoisotopic (exact) mass is 362 g/mol. The minimum atomic E-state index is -1.16. The van der Waals surface area contributed by atoms with Gasteiger partial charge in [0.2, 0.25) is 12.0 Å². The van der Waals surface area contributed by atoms with Crippen molar-refractivity contribution in [2.75, 3.05) is 7.05 Å². The highest BCUT2D eigenvalue weighted by Gasteiger charge is 2.49. The van der Waals surface area contributed by atoms with Crippen LogP contribution in [0.1, 0.15) is 57.6 Å². The number of carbonyl (C=O) groups is 2. The third-order valence-electron chi connectivity index (χ3n) is 5.11. The first kappa shape index (κ1) is 17.7. The van der Waals surface area contributed by atoms with Crippen LogP contribution in [0.4, 0.5) is 0 Å². The maximum Gasteiger partial charge on any atom is 0.315 e. The van der Waals surface area contributed by atoms with Gasteiger partial charge in [-0.1, -0.05) is 12.8 Å². The Balaban J connectivity index is 2.01. The third-order valence-corrected chi connectivity index (χ3v) is 6.36. The third kappa shape index (κ3) is 2.76. The molecule has 1 aromatic rings. The van der Waals surface area contributed by atoms with Crippen molar-refractivity contribution in [2.45, 2.75) is 45.8 Å². The number of nitrogens with one attached hydrogen (secondary N) is 1. The van der Waals surface area contributed by atoms with Crippen LogP contribution in [-0.4, -0.2) is 29.6 Å². The van der Waals surface area contributed by atoms with Gasteiger partial charge >= 0.3 is 5.97 Å². The molecule has 2 N–H and O–H groups in total. The van der Waals surface area contributed by atoms with Crippen molar-refractivity contribution in [1.82, 2.24) is 5.32 Å². The van der Waals surface area contributed by atoms with Gasteiger partial charge in [-0.05, 0) is 32.3 Å². The summed E-state index contributed by atoms with van der Waals surface area (Å²) in [5, 5.41) is 12.9. The molecule has 0 bridgehead atoms. The Kier molecular flexibility index (Phi) is 4.69. The maximum absolute atomic E-state index is 13.3. The molecule has 6 nitrogen and oxygen atoms in total. The number of aliphatic imine (C=N–C) groups is 1. The summed E-state index contributed by atoms with van der Waals surface area (Å²) in [6.07, 6.45) is 5.54. The fourth-order valence-electron chi connectivity index (χ4n) is 3.86. The molecule has 1 fully saturated rings. The number of ether oxygens (including phenoxy) is 1. The zero-order valence-corrected chi connectivity index (χ0v) is 15.4. The van der Waals surface area contributed by atoms with E-state index in [1.54, 1.807) is 12.5 Å². The number of aryl methyl sites for hydroxylation is 1. The number of ketones is 1. The second-order valence-electron chi connectivity index (χ2n) is 6.50. The van der Waals surface area contributed by atoms with Crippen LogP contribution >= 0.6 is 11.3 Å². The molecule has 0 saturated heterocycles. The van der Waals surface area contributed by atoms with Crippen molar-refractivity contribution in [3.8, 4) is 0 Å². The van der Waals surface area contributed by atoms with Gasteiger partial charge in [-0.3, -0.25) is 14.6 Å². The lowest BCUT2D eigenvalue weighted by molar-refractivity contribution is -0.144. The number of carboxylic acids is 1. The SMILES string of the molecule is CN=C(C(=O)c1c(C)sc(C2NC=CO2)c1C)C1(C(=O)O)CCCC1. The van der Waals surface area contributed by atoms with Crippen LogP contribution in [0.15, 0.2) is 17.5 Å². The molecule has 1 aromatic heterocycles. The van der Waals surface area contributed by atoms with Crippen LogP contribution < -0.4 is 5.32 Å². The van der Waals surface area contributed by atoms with Gasteiger partial charge in [-0.15, -0.1) is 11.3 Å². The highest BCUT2D eigenvalue weighted by molar-refractivity contribution is 7.12. The second kappa shape index (κ2) is 6.63. The molecule has 1 aliphatic heterocycles. The molecule has 2 heterocycles. The largest absolute Gasteiger partial charge is 0.481 e. The zero-order chi connectivity index (χ0) is 18.2. The number of thiophene rings is 1. The number of aliphatic carboxylic acids is 1. The summed E-state index contributed by atoms with van der Waals surface area (Å²) in [5.74, 6) is -1.22. The molecule has 0 radical (unpaired) electrons. The maximum atomic E-state index is 13.3. The smallest absolute Gasteiger partial charge is 0.315 e. The van der Waals surface area contributed by atoms with Gasteiger partial charge in [-0.25, -0.2) is 0 Å². The van der Waals surface area contributed by atoms with E-state index in [9.17, 15) is 14.7 Å². The molecular weight excluding hydrogens is 340 g/mol. The van der Waals surface area contributed by atoms with Gasteiger partial charge in [0.05, 0.1) is 10.6 Å². The van der Waals surface area contributed by atoms with Crippen LogP contribution in [-0.2, 0) is 9.53 Å². The lowest BCUT2D eigenvalue weighted by Gasteiger charge is -2.25. The van der Waals surface area contributed by atoms with Gasteiger partial charge in [0.25, 0.3) is 0 Å². The van der Waals surface area contributed by atoms with Gasteiger partial charge < -0.3 is 15.2 Å². The first-order valence-electron chi connectivity index (χ1n) is 8.34. The molecule has 0 aromatic carbocycles. The summed E-state index contributed by atoms with van der Waals surface area (Å²) in [6, 6.07) is 0. The Hall–Kier alpha value is -2.15. The van der Waals surface area contributed by atoms with Gasteiger partial charge in [0.1, 0.15) is 11.7 Å². The van der Waals surface area contributed by atoms with Gasteiger partial charge in [-0.2, -0.15) is 0 Å². The van der Waals surface area contributed by atoms with Crippen LogP contribution in [0, 0.1) is 19.3 Å². The van der Waals surface area contributed by atoms with Crippen LogP contribution in [0.5, 0.6) is 0 Å². The first-order valence-corrected chi connectivity index (χ1v) is 9.16. The van der Waals surface area contributed by atoms with Crippen molar-refractivity contribution >= 4 is 28.8 Å². The number of hydrogen-bond donors (Lipinski definition) is 2. The molecule has 7 heteroatoms. The summed E-state index contributed by atoms with van der Waals surface area (Å²) in [5.41, 5.74) is 0.404. The fraction of sp³-hybridized carbons (Fsp3) is 0.500. The number of carboxylic acid groups (broad SMARTS) is 1. The van der Waals surface area contributed by atoms with E-state index in [1.165, 1.54) is 18.4 Å². The summed E-state index contributed by atoms with van der Waals surface area (Å²) in [4.78, 5) is 31.2. The minimum absolute atomic E-state index is 0.173. The summed E-state index contributed by atoms with van der Waals surface area (Å²) >= 11 is 1.49. The number of nitrogens with zero attached hydrogens (tertiary/aromatic N) is 1. The molecule has 2 aliphatic rings. The summed E-state index contributed by atoms with van der Waals surface area (Å²) in [6.45, 7) is 3.76. The van der Waals surface area contributed by atoms with Crippen LogP contribution in [0.25, 0.3) is 0 Å². The highest BCUT2D eigenvalue weighted by atomic mass is 32.1. The standard InChI is InChI=1S/C18H22N2O4S/c1-10-12(11(2)25-14(10)16-20-8-9-24-16)13(21)15(19-3)18(17(22)23)6-4-5-7-18/h8-9,16,20H,4-7H2,1-3H3,(H,22,23). The minimum Gasteiger partial charge on any atom is -0.481 e. The predicted molar refractivity (Wildman–Crippen MR) is 96.1 cm³/mol. The predicted octanol–water partition coefficient (Wildman–Crippen LogP) is 3.35. The molecule has 134 valence electrons. The van der Waals surface area contributed by atoms with E-state index in [0.717, 1.165) is 28.2 Å². The number of carbonyl (C=O) groups excluding carboxylic acids is 1. The summed E-state index contributed by atoms with van der Waals surface area (Å²) in [7, 11) is 1.51. The number of hydrogen-bond acceptors (Lipinski definition) is 6. The summed E-state index contributed by atoms with van der Waals surface area (Å²) < 4.78 is 5.50. The second-order valence-corrected chi connectivity index (χ2v) is 7.76. The molecule has 0 amide bonds. The van der Waals surface area contributed by atoms with Gasteiger partial charge in [0.15, 0.2) is 0 Å². The van der Waals surface area contributed by atoms with Crippen molar-refractivity contribution in [3.05, 3.63) is 33.3 Å². The lowest BCUT2D eigenvalue weighted by atomic mass is 9.77. The highest BCUT2D eigenvalue weighted by Crippen LogP contribution is 2.42. The molecule has 1 saturated carbocycles. The number of Topliss-reactive ketones (excluding diaryl/α,β-unsaturated/α-hetero) is 1. The lowest BCUT2D eigenvalue weighted by Crippen LogP contribution is -2.41. The van der Waals surface area contributed by atoms with Crippen molar-refractivity contribution in [1.29, 1.82) is 0 Å². The Bertz CT molecular complexity index is 764. The van der Waals surface area contributed by atoms with Gasteiger partial charge in [0, 0.05) is 23.7 Å². The van der Waals surface area contributed by atoms with Crippen LogP contribution in [0.3, 0.4) is 0 Å². The molecule has 3 rings (SSSR count). The molecule has 0 spiro atoms.